The molecular formula is C26H32N2O4. The largest absolute Gasteiger partial charge is 0.488 e. The Morgan fingerprint density at radius 2 is 1.72 bits per heavy atom. The number of benzene rings is 2. The van der Waals surface area contributed by atoms with Gasteiger partial charge in [0.25, 0.3) is 0 Å². The van der Waals surface area contributed by atoms with Gasteiger partial charge in [-0.1, -0.05) is 49.4 Å². The van der Waals surface area contributed by atoms with E-state index < -0.39 is 0 Å². The summed E-state index contributed by atoms with van der Waals surface area (Å²) in [4.78, 5) is 16.2. The zero-order valence-corrected chi connectivity index (χ0v) is 18.9. The van der Waals surface area contributed by atoms with E-state index in [0.717, 1.165) is 52.7 Å². The molecule has 6 nitrogen and oxygen atoms in total. The van der Waals surface area contributed by atoms with E-state index in [4.69, 9.17) is 19.2 Å². The van der Waals surface area contributed by atoms with Crippen LogP contribution in [0.15, 0.2) is 54.6 Å². The zero-order chi connectivity index (χ0) is 22.6. The van der Waals surface area contributed by atoms with E-state index in [9.17, 15) is 4.79 Å². The number of nitrogens with one attached hydrogen (secondary N) is 1. The highest BCUT2D eigenvalue weighted by Gasteiger charge is 2.13. The summed E-state index contributed by atoms with van der Waals surface area (Å²) in [5.41, 5.74) is 3.89. The van der Waals surface area contributed by atoms with Crippen molar-refractivity contribution >= 4 is 17.0 Å². The predicted molar refractivity (Wildman–Crippen MR) is 126 cm³/mol. The second-order valence-electron chi connectivity index (χ2n) is 7.63. The lowest BCUT2D eigenvalue weighted by Crippen LogP contribution is -2.25. The smallest absolute Gasteiger partial charge is 0.407 e. The summed E-state index contributed by atoms with van der Waals surface area (Å²) in [6.45, 7) is 6.55. The molecule has 1 amide bonds. The van der Waals surface area contributed by atoms with Gasteiger partial charge in [-0.05, 0) is 43.9 Å². The lowest BCUT2D eigenvalue weighted by molar-refractivity contribution is 0.104. The van der Waals surface area contributed by atoms with Crippen molar-refractivity contribution < 1.29 is 19.0 Å². The molecule has 0 spiro atoms. The quantitative estimate of drug-likeness (QED) is 0.377. The number of hydrogen-bond donors (Lipinski definition) is 1. The van der Waals surface area contributed by atoms with Gasteiger partial charge in [0.1, 0.15) is 12.4 Å². The van der Waals surface area contributed by atoms with Crippen molar-refractivity contribution in [2.75, 3.05) is 19.8 Å². The molecular weight excluding hydrogens is 404 g/mol. The molecule has 0 saturated heterocycles. The maximum atomic E-state index is 11.4. The number of alkyl carbamates (subject to hydrolysis) is 1. The van der Waals surface area contributed by atoms with Crippen LogP contribution >= 0.6 is 0 Å². The van der Waals surface area contributed by atoms with Crippen molar-refractivity contribution in [3.05, 3.63) is 71.4 Å². The average molecular weight is 437 g/mol. The maximum Gasteiger partial charge on any atom is 0.407 e. The van der Waals surface area contributed by atoms with Crippen molar-refractivity contribution in [2.24, 2.45) is 0 Å². The van der Waals surface area contributed by atoms with Gasteiger partial charge in [-0.2, -0.15) is 0 Å². The summed E-state index contributed by atoms with van der Waals surface area (Å²) in [6.07, 6.45) is 2.11. The second-order valence-corrected chi connectivity index (χ2v) is 7.63. The molecule has 3 rings (SSSR count). The number of ether oxygens (including phenoxy) is 3. The van der Waals surface area contributed by atoms with Crippen molar-refractivity contribution in [3.63, 3.8) is 0 Å². The Hall–Kier alpha value is -3.12. The van der Waals surface area contributed by atoms with Crippen LogP contribution in [0.1, 0.15) is 43.0 Å². The van der Waals surface area contributed by atoms with Crippen molar-refractivity contribution in [1.29, 1.82) is 0 Å². The van der Waals surface area contributed by atoms with Crippen LogP contribution in [0.25, 0.3) is 10.9 Å². The molecule has 170 valence electrons. The normalized spacial score (nSPS) is 10.8. The maximum absolute atomic E-state index is 11.4. The van der Waals surface area contributed by atoms with E-state index in [1.807, 2.05) is 56.3 Å². The number of amides is 1. The summed E-state index contributed by atoms with van der Waals surface area (Å²) >= 11 is 0. The zero-order valence-electron chi connectivity index (χ0n) is 18.9. The molecule has 0 aliphatic rings. The number of carbonyl (C=O) groups excluding carboxylic acids is 1. The van der Waals surface area contributed by atoms with Crippen LogP contribution in [0.2, 0.25) is 0 Å². The van der Waals surface area contributed by atoms with Gasteiger partial charge in [-0.15, -0.1) is 0 Å². The molecule has 0 bridgehead atoms. The molecule has 0 radical (unpaired) electrons. The topological polar surface area (TPSA) is 69.7 Å². The third-order valence-corrected chi connectivity index (χ3v) is 5.08. The fourth-order valence-corrected chi connectivity index (χ4v) is 3.30. The Morgan fingerprint density at radius 3 is 2.53 bits per heavy atom. The van der Waals surface area contributed by atoms with Crippen LogP contribution in [0.5, 0.6) is 5.75 Å². The number of hydrogen-bond acceptors (Lipinski definition) is 5. The number of aromatic nitrogens is 1. The highest BCUT2D eigenvalue weighted by Crippen LogP contribution is 2.31. The number of para-hydroxylation sites is 1. The van der Waals surface area contributed by atoms with Crippen molar-refractivity contribution in [3.8, 4) is 5.75 Å². The van der Waals surface area contributed by atoms with Crippen LogP contribution < -0.4 is 10.1 Å². The standard InChI is InChI=1S/C26H32N2O4/c1-3-15-27-26(29)31-17-10-9-16-30-19-24-20(2)25(22-13-7-8-14-23(22)28-24)32-18-21-11-5-4-6-12-21/h4-8,11-14H,3,9-10,15-19H2,1-2H3,(H,27,29). The van der Waals surface area contributed by atoms with E-state index >= 15 is 0 Å². The number of carbonyl (C=O) groups is 1. The van der Waals surface area contributed by atoms with Gasteiger partial charge in [-0.25, -0.2) is 9.78 Å². The molecule has 2 aromatic carbocycles. The van der Waals surface area contributed by atoms with Gasteiger partial charge in [0.15, 0.2) is 0 Å². The molecule has 1 aromatic heterocycles. The molecule has 1 N–H and O–H groups in total. The predicted octanol–water partition coefficient (Wildman–Crippen LogP) is 5.56. The summed E-state index contributed by atoms with van der Waals surface area (Å²) in [7, 11) is 0. The fourth-order valence-electron chi connectivity index (χ4n) is 3.30. The highest BCUT2D eigenvalue weighted by molar-refractivity contribution is 5.86. The first-order chi connectivity index (χ1) is 15.7. The third-order valence-electron chi connectivity index (χ3n) is 5.08. The third kappa shape index (κ3) is 6.95. The van der Waals surface area contributed by atoms with Gasteiger partial charge in [0, 0.05) is 24.1 Å². The van der Waals surface area contributed by atoms with Crippen molar-refractivity contribution in [2.45, 2.75) is 46.3 Å². The van der Waals surface area contributed by atoms with Gasteiger partial charge in [0.05, 0.1) is 24.4 Å². The molecule has 0 unspecified atom stereocenters. The van der Waals surface area contributed by atoms with E-state index in [2.05, 4.69) is 17.4 Å². The number of rotatable bonds is 12. The van der Waals surface area contributed by atoms with Crippen LogP contribution in [0.4, 0.5) is 4.79 Å². The Kier molecular flexibility index (Phi) is 9.32. The number of nitrogens with zero attached hydrogens (tertiary/aromatic N) is 1. The summed E-state index contributed by atoms with van der Waals surface area (Å²) < 4.78 is 17.2. The molecule has 0 aliphatic carbocycles. The van der Waals surface area contributed by atoms with Crippen LogP contribution in [-0.4, -0.2) is 30.8 Å². The van der Waals surface area contributed by atoms with Gasteiger partial charge in [0.2, 0.25) is 0 Å². The van der Waals surface area contributed by atoms with Crippen molar-refractivity contribution in [1.82, 2.24) is 10.3 Å². The van der Waals surface area contributed by atoms with Gasteiger partial charge >= 0.3 is 6.09 Å². The summed E-state index contributed by atoms with van der Waals surface area (Å²) in [5, 5.41) is 3.69. The van der Waals surface area contributed by atoms with E-state index in [1.54, 1.807) is 0 Å². The lowest BCUT2D eigenvalue weighted by atomic mass is 10.1. The lowest BCUT2D eigenvalue weighted by Gasteiger charge is -2.16. The molecule has 1 heterocycles. The molecule has 32 heavy (non-hydrogen) atoms. The Balaban J connectivity index is 1.54. The van der Waals surface area contributed by atoms with Crippen LogP contribution in [0, 0.1) is 6.92 Å². The van der Waals surface area contributed by atoms with Gasteiger partial charge in [-0.3, -0.25) is 0 Å². The number of pyridine rings is 1. The first-order valence-corrected chi connectivity index (χ1v) is 11.2. The molecule has 0 aliphatic heterocycles. The van der Waals surface area contributed by atoms with Gasteiger partial charge < -0.3 is 19.5 Å². The first kappa shape index (κ1) is 23.5. The van der Waals surface area contributed by atoms with E-state index in [1.165, 1.54) is 0 Å². The Labute approximate surface area is 189 Å². The SMILES string of the molecule is CCCNC(=O)OCCCCOCc1nc2ccccc2c(OCc2ccccc2)c1C. The Bertz CT molecular complexity index is 992. The first-order valence-electron chi connectivity index (χ1n) is 11.2. The van der Waals surface area contributed by atoms with Crippen LogP contribution in [0.3, 0.4) is 0 Å². The molecule has 0 atom stereocenters. The number of unbranched alkanes of at least 4 members (excludes halogenated alkanes) is 1. The minimum atomic E-state index is -0.355. The van der Waals surface area contributed by atoms with Crippen LogP contribution in [-0.2, 0) is 22.7 Å². The van der Waals surface area contributed by atoms with E-state index in [-0.39, 0.29) is 6.09 Å². The molecule has 6 heteroatoms. The fraction of sp³-hybridized carbons (Fsp3) is 0.385. The minimum Gasteiger partial charge on any atom is -0.488 e. The van der Waals surface area contributed by atoms with E-state index in [0.29, 0.717) is 33.0 Å². The molecule has 0 saturated carbocycles. The monoisotopic (exact) mass is 436 g/mol. The average Bonchev–Trinajstić information content (AvgIpc) is 2.82. The number of fused-ring (bicyclic) bond motifs is 1. The summed E-state index contributed by atoms with van der Waals surface area (Å²) in [5.74, 6) is 0.851. The minimum absolute atomic E-state index is 0.355. The summed E-state index contributed by atoms with van der Waals surface area (Å²) in [6, 6.07) is 18.1. The second kappa shape index (κ2) is 12.7. The molecule has 0 fully saturated rings. The Morgan fingerprint density at radius 1 is 0.969 bits per heavy atom. The highest BCUT2D eigenvalue weighted by atomic mass is 16.5. The molecule has 3 aromatic rings.